The molecule has 0 bridgehead atoms. The summed E-state index contributed by atoms with van der Waals surface area (Å²) in [5.74, 6) is 0.939. The number of nitrogens with one attached hydrogen (secondary N) is 1. The topological polar surface area (TPSA) is 90.0 Å². The second-order valence-electron chi connectivity index (χ2n) is 5.11. The first-order valence-electron chi connectivity index (χ1n) is 7.32. The molecule has 0 spiro atoms. The van der Waals surface area contributed by atoms with Gasteiger partial charge >= 0.3 is 0 Å². The maximum atomic E-state index is 12.3. The van der Waals surface area contributed by atoms with Crippen LogP contribution in [0.3, 0.4) is 0 Å². The summed E-state index contributed by atoms with van der Waals surface area (Å²) in [5.41, 5.74) is 1.25. The van der Waals surface area contributed by atoms with Crippen LogP contribution in [-0.2, 0) is 6.54 Å². The zero-order valence-electron chi connectivity index (χ0n) is 12.6. The molecule has 0 saturated carbocycles. The lowest BCUT2D eigenvalue weighted by molar-refractivity contribution is 0.0946. The maximum Gasteiger partial charge on any atom is 0.271 e. The van der Waals surface area contributed by atoms with E-state index in [4.69, 9.17) is 0 Å². The molecule has 4 aromatic heterocycles. The van der Waals surface area contributed by atoms with Crippen LogP contribution in [0.1, 0.15) is 16.1 Å². The Hall–Kier alpha value is -3.55. The van der Waals surface area contributed by atoms with Crippen LogP contribution < -0.4 is 5.32 Å². The Kier molecular flexibility index (Phi) is 3.47. The van der Waals surface area contributed by atoms with Crippen molar-refractivity contribution in [3.8, 4) is 5.82 Å². The molecule has 118 valence electrons. The van der Waals surface area contributed by atoms with E-state index in [9.17, 15) is 4.79 Å². The van der Waals surface area contributed by atoms with Crippen LogP contribution in [0.4, 0.5) is 0 Å². The zero-order valence-corrected chi connectivity index (χ0v) is 12.6. The average Bonchev–Trinajstić information content (AvgIpc) is 3.29. The van der Waals surface area contributed by atoms with Crippen molar-refractivity contribution in [1.29, 1.82) is 0 Å². The van der Waals surface area contributed by atoms with E-state index >= 15 is 0 Å². The molecule has 8 nitrogen and oxygen atoms in total. The van der Waals surface area contributed by atoms with Crippen molar-refractivity contribution in [2.24, 2.45) is 0 Å². The van der Waals surface area contributed by atoms with Crippen molar-refractivity contribution in [3.63, 3.8) is 0 Å². The van der Waals surface area contributed by atoms with Gasteiger partial charge in [0.25, 0.3) is 5.91 Å². The Bertz CT molecular complexity index is 958. The van der Waals surface area contributed by atoms with Gasteiger partial charge in [-0.05, 0) is 29.8 Å². The van der Waals surface area contributed by atoms with Crippen molar-refractivity contribution in [3.05, 3.63) is 72.7 Å². The molecule has 0 aliphatic rings. The molecule has 4 aromatic rings. The fourth-order valence-electron chi connectivity index (χ4n) is 2.31. The number of imidazole rings is 1. The summed E-state index contributed by atoms with van der Waals surface area (Å²) in [5, 5.41) is 6.99. The highest BCUT2D eigenvalue weighted by Gasteiger charge is 2.11. The summed E-state index contributed by atoms with van der Waals surface area (Å²) in [6, 6.07) is 7.33. The Morgan fingerprint density at radius 1 is 1.12 bits per heavy atom. The number of carbonyl (C=O) groups is 1. The molecule has 1 N–H and O–H groups in total. The van der Waals surface area contributed by atoms with E-state index in [0.29, 0.717) is 23.8 Å². The largest absolute Gasteiger partial charge is 0.347 e. The predicted octanol–water partition coefficient (Wildman–Crippen LogP) is 1.24. The van der Waals surface area contributed by atoms with E-state index in [1.54, 1.807) is 46.1 Å². The molecule has 0 aliphatic carbocycles. The van der Waals surface area contributed by atoms with Crippen LogP contribution in [0.5, 0.6) is 0 Å². The lowest BCUT2D eigenvalue weighted by Crippen LogP contribution is -2.23. The molecule has 4 rings (SSSR count). The number of rotatable bonds is 4. The van der Waals surface area contributed by atoms with Gasteiger partial charge < -0.3 is 5.32 Å². The Labute approximate surface area is 136 Å². The smallest absolute Gasteiger partial charge is 0.271 e. The average molecular weight is 319 g/mol. The molecule has 0 fully saturated rings. The van der Waals surface area contributed by atoms with E-state index in [2.05, 4.69) is 25.4 Å². The number of hydrogen-bond donors (Lipinski definition) is 1. The molecular formula is C16H13N7O. The van der Waals surface area contributed by atoms with Crippen LogP contribution in [0.2, 0.25) is 0 Å². The summed E-state index contributed by atoms with van der Waals surface area (Å²) in [6.07, 6.45) is 10.3. The van der Waals surface area contributed by atoms with Gasteiger partial charge in [-0.1, -0.05) is 0 Å². The molecule has 0 radical (unpaired) electrons. The van der Waals surface area contributed by atoms with E-state index < -0.39 is 0 Å². The number of amides is 1. The summed E-state index contributed by atoms with van der Waals surface area (Å²) in [7, 11) is 0. The van der Waals surface area contributed by atoms with Crippen molar-refractivity contribution >= 4 is 11.7 Å². The van der Waals surface area contributed by atoms with Crippen molar-refractivity contribution in [2.75, 3.05) is 0 Å². The van der Waals surface area contributed by atoms with Crippen molar-refractivity contribution in [2.45, 2.75) is 6.54 Å². The van der Waals surface area contributed by atoms with Crippen molar-refractivity contribution in [1.82, 2.24) is 34.4 Å². The number of aromatic nitrogens is 6. The minimum atomic E-state index is -0.252. The van der Waals surface area contributed by atoms with E-state index in [1.165, 1.54) is 0 Å². The second-order valence-corrected chi connectivity index (χ2v) is 5.11. The van der Waals surface area contributed by atoms with Gasteiger partial charge in [0.1, 0.15) is 5.69 Å². The second kappa shape index (κ2) is 5.92. The third-order valence-electron chi connectivity index (χ3n) is 3.47. The van der Waals surface area contributed by atoms with Crippen LogP contribution in [0.15, 0.2) is 61.4 Å². The van der Waals surface area contributed by atoms with Gasteiger partial charge in [-0.2, -0.15) is 5.10 Å². The minimum absolute atomic E-state index is 0.252. The maximum absolute atomic E-state index is 12.3. The highest BCUT2D eigenvalue weighted by molar-refractivity contribution is 5.92. The number of nitrogens with zero attached hydrogens (tertiary/aromatic N) is 6. The molecule has 0 unspecified atom stereocenters. The van der Waals surface area contributed by atoms with Gasteiger partial charge in [-0.3, -0.25) is 9.20 Å². The minimum Gasteiger partial charge on any atom is -0.347 e. The molecule has 1 amide bonds. The first-order valence-corrected chi connectivity index (χ1v) is 7.32. The Morgan fingerprint density at radius 2 is 2.04 bits per heavy atom. The summed E-state index contributed by atoms with van der Waals surface area (Å²) >= 11 is 0. The molecular weight excluding hydrogens is 306 g/mol. The number of hydrogen-bond acceptors (Lipinski definition) is 5. The van der Waals surface area contributed by atoms with Crippen LogP contribution in [-0.4, -0.2) is 35.0 Å². The van der Waals surface area contributed by atoms with Gasteiger partial charge in [0.2, 0.25) is 5.78 Å². The van der Waals surface area contributed by atoms with Gasteiger partial charge in [0, 0.05) is 43.7 Å². The number of fused-ring (bicyclic) bond motifs is 1. The summed E-state index contributed by atoms with van der Waals surface area (Å²) in [4.78, 5) is 24.8. The van der Waals surface area contributed by atoms with Crippen molar-refractivity contribution < 1.29 is 4.79 Å². The van der Waals surface area contributed by atoms with E-state index in [0.717, 1.165) is 5.56 Å². The van der Waals surface area contributed by atoms with E-state index in [1.807, 2.05) is 24.4 Å². The van der Waals surface area contributed by atoms with Gasteiger partial charge in [0.15, 0.2) is 5.82 Å². The predicted molar refractivity (Wildman–Crippen MR) is 85.5 cm³/mol. The molecule has 0 atom stereocenters. The van der Waals surface area contributed by atoms with Crippen LogP contribution in [0.25, 0.3) is 11.6 Å². The number of pyridine rings is 1. The van der Waals surface area contributed by atoms with E-state index in [-0.39, 0.29) is 5.91 Å². The van der Waals surface area contributed by atoms with Crippen LogP contribution in [0, 0.1) is 0 Å². The normalized spacial score (nSPS) is 10.8. The molecule has 24 heavy (non-hydrogen) atoms. The number of carbonyl (C=O) groups excluding carboxylic acids is 1. The van der Waals surface area contributed by atoms with Crippen LogP contribution >= 0.6 is 0 Å². The van der Waals surface area contributed by atoms with Gasteiger partial charge in [-0.25, -0.2) is 19.6 Å². The SMILES string of the molecule is O=C(NCc1ccnc(-n2cccn2)c1)c1cn2cccnc2n1. The first kappa shape index (κ1) is 14.1. The fraction of sp³-hybridized carbons (Fsp3) is 0.0625. The lowest BCUT2D eigenvalue weighted by atomic mass is 10.2. The van der Waals surface area contributed by atoms with Gasteiger partial charge in [-0.15, -0.1) is 0 Å². The standard InChI is InChI=1S/C16H13N7O/c24-15(13-11-22-7-1-4-18-16(22)21-13)19-10-12-3-6-17-14(9-12)23-8-2-5-20-23/h1-9,11H,10H2,(H,19,24). The molecule has 0 aliphatic heterocycles. The summed E-state index contributed by atoms with van der Waals surface area (Å²) in [6.45, 7) is 0.372. The monoisotopic (exact) mass is 319 g/mol. The first-order chi connectivity index (χ1) is 11.8. The van der Waals surface area contributed by atoms with Gasteiger partial charge in [0.05, 0.1) is 0 Å². The highest BCUT2D eigenvalue weighted by atomic mass is 16.1. The quantitative estimate of drug-likeness (QED) is 0.611. The molecule has 0 aromatic carbocycles. The third-order valence-corrected chi connectivity index (χ3v) is 3.47. The Morgan fingerprint density at radius 3 is 2.88 bits per heavy atom. The molecule has 8 heteroatoms. The Balaban J connectivity index is 1.48. The zero-order chi connectivity index (χ0) is 16.4. The highest BCUT2D eigenvalue weighted by Crippen LogP contribution is 2.07. The fourth-order valence-corrected chi connectivity index (χ4v) is 2.31. The molecule has 0 saturated heterocycles. The molecule has 4 heterocycles. The third kappa shape index (κ3) is 2.72. The lowest BCUT2D eigenvalue weighted by Gasteiger charge is -2.05. The summed E-state index contributed by atoms with van der Waals surface area (Å²) < 4.78 is 3.37.